The number of anilines is 1. The van der Waals surface area contributed by atoms with Gasteiger partial charge in [-0.2, -0.15) is 0 Å². The van der Waals surface area contributed by atoms with Gasteiger partial charge < -0.3 is 11.1 Å². The predicted molar refractivity (Wildman–Crippen MR) is 58.1 cm³/mol. The number of rotatable bonds is 3. The van der Waals surface area contributed by atoms with E-state index in [0.717, 1.165) is 17.7 Å². The molecule has 1 rings (SSSR count). The minimum absolute atomic E-state index is 0.0536. The number of benzene rings is 1. The summed E-state index contributed by atoms with van der Waals surface area (Å²) >= 11 is 0. The molecular formula is C11H16N2O. The molecule has 0 saturated heterocycles. The summed E-state index contributed by atoms with van der Waals surface area (Å²) in [6.45, 7) is 3.45. The van der Waals surface area contributed by atoms with E-state index >= 15 is 0 Å². The minimum Gasteiger partial charge on any atom is -0.328 e. The van der Waals surface area contributed by atoms with Crippen LogP contribution in [0.5, 0.6) is 0 Å². The Kier molecular flexibility index (Phi) is 3.65. The van der Waals surface area contributed by atoms with Crippen LogP contribution in [0.3, 0.4) is 0 Å². The van der Waals surface area contributed by atoms with Gasteiger partial charge in [0, 0.05) is 18.7 Å². The van der Waals surface area contributed by atoms with E-state index in [2.05, 4.69) is 5.32 Å². The fourth-order valence-corrected chi connectivity index (χ4v) is 1.36. The highest BCUT2D eigenvalue weighted by molar-refractivity contribution is 5.89. The van der Waals surface area contributed by atoms with Gasteiger partial charge in [0.25, 0.3) is 0 Å². The lowest BCUT2D eigenvalue weighted by Crippen LogP contribution is -2.19. The Bertz CT molecular complexity index is 321. The molecule has 3 nitrogen and oxygen atoms in total. The molecule has 0 heterocycles. The van der Waals surface area contributed by atoms with Gasteiger partial charge in [-0.15, -0.1) is 0 Å². The second kappa shape index (κ2) is 4.77. The summed E-state index contributed by atoms with van der Waals surface area (Å²) in [5.41, 5.74) is 7.65. The summed E-state index contributed by atoms with van der Waals surface area (Å²) in [7, 11) is 0. The number of amides is 1. The fraction of sp³-hybridized carbons (Fsp3) is 0.364. The van der Waals surface area contributed by atoms with Gasteiger partial charge in [-0.1, -0.05) is 18.2 Å². The minimum atomic E-state index is -0.0536. The molecular weight excluding hydrogens is 176 g/mol. The van der Waals surface area contributed by atoms with Crippen LogP contribution in [0.2, 0.25) is 0 Å². The van der Waals surface area contributed by atoms with Crippen molar-refractivity contribution < 1.29 is 4.79 Å². The SMILES string of the molecule is CC(=O)Nc1ccccc1CC(C)N. The highest BCUT2D eigenvalue weighted by Gasteiger charge is 2.04. The van der Waals surface area contributed by atoms with E-state index in [4.69, 9.17) is 5.73 Å². The molecule has 1 aromatic rings. The number of para-hydroxylation sites is 1. The lowest BCUT2D eigenvalue weighted by Gasteiger charge is -2.11. The first-order valence-corrected chi connectivity index (χ1v) is 4.70. The van der Waals surface area contributed by atoms with Crippen LogP contribution in [0, 0.1) is 0 Å². The van der Waals surface area contributed by atoms with Crippen LogP contribution < -0.4 is 11.1 Å². The molecule has 0 fully saturated rings. The molecule has 14 heavy (non-hydrogen) atoms. The first kappa shape index (κ1) is 10.7. The summed E-state index contributed by atoms with van der Waals surface area (Å²) < 4.78 is 0. The summed E-state index contributed by atoms with van der Waals surface area (Å²) in [4.78, 5) is 10.9. The molecule has 1 aromatic carbocycles. The molecule has 0 aromatic heterocycles. The van der Waals surface area contributed by atoms with E-state index in [9.17, 15) is 4.79 Å². The monoisotopic (exact) mass is 192 g/mol. The second-order valence-corrected chi connectivity index (χ2v) is 3.52. The van der Waals surface area contributed by atoms with Crippen LogP contribution in [0.15, 0.2) is 24.3 Å². The molecule has 0 aliphatic heterocycles. The van der Waals surface area contributed by atoms with E-state index in [-0.39, 0.29) is 11.9 Å². The zero-order chi connectivity index (χ0) is 10.6. The van der Waals surface area contributed by atoms with E-state index in [1.165, 1.54) is 6.92 Å². The van der Waals surface area contributed by atoms with E-state index in [1.54, 1.807) is 0 Å². The Hall–Kier alpha value is -1.35. The maximum atomic E-state index is 10.9. The lowest BCUT2D eigenvalue weighted by molar-refractivity contribution is -0.114. The highest BCUT2D eigenvalue weighted by atomic mass is 16.1. The Labute approximate surface area is 84.3 Å². The quantitative estimate of drug-likeness (QED) is 0.763. The second-order valence-electron chi connectivity index (χ2n) is 3.52. The summed E-state index contributed by atoms with van der Waals surface area (Å²) in [5, 5.41) is 2.78. The van der Waals surface area contributed by atoms with Crippen LogP contribution in [0.1, 0.15) is 19.4 Å². The molecule has 1 unspecified atom stereocenters. The third-order valence-corrected chi connectivity index (χ3v) is 1.87. The molecule has 0 aliphatic rings. The fourth-order valence-electron chi connectivity index (χ4n) is 1.36. The van der Waals surface area contributed by atoms with Crippen LogP contribution in [-0.4, -0.2) is 11.9 Å². The lowest BCUT2D eigenvalue weighted by atomic mass is 10.1. The average molecular weight is 192 g/mol. The summed E-state index contributed by atoms with van der Waals surface area (Å²) in [6, 6.07) is 7.82. The molecule has 0 spiro atoms. The van der Waals surface area contributed by atoms with Crippen LogP contribution in [0.25, 0.3) is 0 Å². The van der Waals surface area contributed by atoms with Gasteiger partial charge >= 0.3 is 0 Å². The number of hydrogen-bond donors (Lipinski definition) is 2. The first-order valence-electron chi connectivity index (χ1n) is 4.70. The zero-order valence-corrected chi connectivity index (χ0v) is 8.58. The van der Waals surface area contributed by atoms with Crippen molar-refractivity contribution >= 4 is 11.6 Å². The Balaban J connectivity index is 2.85. The van der Waals surface area contributed by atoms with Gasteiger partial charge in [0.2, 0.25) is 5.91 Å². The summed E-state index contributed by atoms with van der Waals surface area (Å²) in [5.74, 6) is -0.0536. The standard InChI is InChI=1S/C11H16N2O/c1-8(12)7-10-5-3-4-6-11(10)13-9(2)14/h3-6,8H,7,12H2,1-2H3,(H,13,14). The number of nitrogens with two attached hydrogens (primary N) is 1. The zero-order valence-electron chi connectivity index (χ0n) is 8.58. The largest absolute Gasteiger partial charge is 0.328 e. The van der Waals surface area contributed by atoms with Crippen molar-refractivity contribution in [2.24, 2.45) is 5.73 Å². The van der Waals surface area contributed by atoms with Gasteiger partial charge in [-0.25, -0.2) is 0 Å². The third kappa shape index (κ3) is 3.18. The predicted octanol–water partition coefficient (Wildman–Crippen LogP) is 1.53. The Morgan fingerprint density at radius 2 is 2.14 bits per heavy atom. The highest BCUT2D eigenvalue weighted by Crippen LogP contribution is 2.16. The van der Waals surface area contributed by atoms with Crippen molar-refractivity contribution in [1.82, 2.24) is 0 Å². The molecule has 76 valence electrons. The normalized spacial score (nSPS) is 12.2. The Morgan fingerprint density at radius 1 is 1.50 bits per heavy atom. The van der Waals surface area contributed by atoms with Crippen LogP contribution in [-0.2, 0) is 11.2 Å². The van der Waals surface area contributed by atoms with Crippen molar-refractivity contribution in [2.75, 3.05) is 5.32 Å². The molecule has 1 atom stereocenters. The number of hydrogen-bond acceptors (Lipinski definition) is 2. The van der Waals surface area contributed by atoms with Gasteiger partial charge in [0.05, 0.1) is 0 Å². The smallest absolute Gasteiger partial charge is 0.221 e. The van der Waals surface area contributed by atoms with Gasteiger partial charge in [-0.05, 0) is 25.0 Å². The molecule has 0 bridgehead atoms. The van der Waals surface area contributed by atoms with Gasteiger partial charge in [0.1, 0.15) is 0 Å². The molecule has 3 N–H and O–H groups in total. The first-order chi connectivity index (χ1) is 6.59. The van der Waals surface area contributed by atoms with Crippen molar-refractivity contribution in [1.29, 1.82) is 0 Å². The Morgan fingerprint density at radius 3 is 2.71 bits per heavy atom. The summed E-state index contributed by atoms with van der Waals surface area (Å²) in [6.07, 6.45) is 0.774. The van der Waals surface area contributed by atoms with Crippen molar-refractivity contribution in [3.05, 3.63) is 29.8 Å². The number of nitrogens with one attached hydrogen (secondary N) is 1. The topological polar surface area (TPSA) is 55.1 Å². The van der Waals surface area contributed by atoms with E-state index < -0.39 is 0 Å². The van der Waals surface area contributed by atoms with Crippen molar-refractivity contribution in [2.45, 2.75) is 26.3 Å². The molecule has 0 radical (unpaired) electrons. The maximum Gasteiger partial charge on any atom is 0.221 e. The average Bonchev–Trinajstić information content (AvgIpc) is 2.06. The molecule has 0 saturated carbocycles. The van der Waals surface area contributed by atoms with Crippen LogP contribution in [0.4, 0.5) is 5.69 Å². The van der Waals surface area contributed by atoms with E-state index in [0.29, 0.717) is 0 Å². The van der Waals surface area contributed by atoms with E-state index in [1.807, 2.05) is 31.2 Å². The van der Waals surface area contributed by atoms with Crippen molar-refractivity contribution in [3.63, 3.8) is 0 Å². The third-order valence-electron chi connectivity index (χ3n) is 1.87. The van der Waals surface area contributed by atoms with Gasteiger partial charge in [-0.3, -0.25) is 4.79 Å². The molecule has 1 amide bonds. The molecule has 0 aliphatic carbocycles. The van der Waals surface area contributed by atoms with Gasteiger partial charge in [0.15, 0.2) is 0 Å². The number of carbonyl (C=O) groups excluding carboxylic acids is 1. The van der Waals surface area contributed by atoms with Crippen molar-refractivity contribution in [3.8, 4) is 0 Å². The number of carbonyl (C=O) groups is 1. The van der Waals surface area contributed by atoms with Crippen LogP contribution >= 0.6 is 0 Å². The maximum absolute atomic E-state index is 10.9. The molecule has 3 heteroatoms.